The maximum atomic E-state index is 11.0. The van der Waals surface area contributed by atoms with Crippen LogP contribution >= 0.6 is 11.6 Å². The van der Waals surface area contributed by atoms with Crippen molar-refractivity contribution in [2.24, 2.45) is 0 Å². The fourth-order valence-corrected chi connectivity index (χ4v) is 1.72. The monoisotopic (exact) mass is 211 g/mol. The average molecular weight is 212 g/mol. The number of piperidine rings is 1. The van der Waals surface area contributed by atoms with Crippen LogP contribution in [0.4, 0.5) is 5.82 Å². The Bertz CT molecular complexity index is 346. The van der Waals surface area contributed by atoms with Crippen LogP contribution in [0.2, 0.25) is 5.15 Å². The van der Waals surface area contributed by atoms with Gasteiger partial charge in [0, 0.05) is 38.3 Å². The first kappa shape index (κ1) is 9.40. The molecule has 1 aromatic rings. The molecule has 0 spiro atoms. The van der Waals surface area contributed by atoms with Gasteiger partial charge in [0.15, 0.2) is 11.0 Å². The summed E-state index contributed by atoms with van der Waals surface area (Å²) in [6, 6.07) is 0. The molecule has 1 aliphatic heterocycles. The molecule has 0 atom stereocenters. The molecule has 0 aliphatic carbocycles. The molecular weight excluding hydrogens is 202 g/mol. The molecule has 0 radical (unpaired) electrons. The Balaban J connectivity index is 2.16. The molecule has 0 N–H and O–H groups in total. The number of ketones is 1. The van der Waals surface area contributed by atoms with Gasteiger partial charge in [-0.15, -0.1) is 0 Å². The summed E-state index contributed by atoms with van der Waals surface area (Å²) in [5, 5.41) is 0.404. The van der Waals surface area contributed by atoms with Gasteiger partial charge >= 0.3 is 0 Å². The van der Waals surface area contributed by atoms with E-state index in [1.165, 1.54) is 0 Å². The van der Waals surface area contributed by atoms with Gasteiger partial charge in [-0.25, -0.2) is 9.97 Å². The number of hydrogen-bond donors (Lipinski definition) is 0. The molecule has 14 heavy (non-hydrogen) atoms. The third kappa shape index (κ3) is 1.85. The number of anilines is 1. The predicted octanol–water partition coefficient (Wildman–Crippen LogP) is 1.30. The van der Waals surface area contributed by atoms with Crippen LogP contribution in [0, 0.1) is 0 Å². The van der Waals surface area contributed by atoms with Crippen LogP contribution in [0.5, 0.6) is 0 Å². The average Bonchev–Trinajstić information content (AvgIpc) is 2.20. The second-order valence-corrected chi connectivity index (χ2v) is 3.55. The van der Waals surface area contributed by atoms with E-state index in [1.807, 2.05) is 4.90 Å². The summed E-state index contributed by atoms with van der Waals surface area (Å²) in [6.45, 7) is 1.38. The van der Waals surface area contributed by atoms with E-state index < -0.39 is 0 Å². The molecule has 2 rings (SSSR count). The summed E-state index contributed by atoms with van der Waals surface area (Å²) in [6.07, 6.45) is 4.32. The highest BCUT2D eigenvalue weighted by Crippen LogP contribution is 2.22. The van der Waals surface area contributed by atoms with E-state index >= 15 is 0 Å². The van der Waals surface area contributed by atoms with E-state index in [-0.39, 0.29) is 0 Å². The van der Waals surface area contributed by atoms with Crippen LogP contribution in [0.25, 0.3) is 0 Å². The van der Waals surface area contributed by atoms with E-state index in [0.717, 1.165) is 0 Å². The fraction of sp³-hybridized carbons (Fsp3) is 0.444. The van der Waals surface area contributed by atoms with Crippen LogP contribution in [0.3, 0.4) is 0 Å². The molecule has 4 nitrogen and oxygen atoms in total. The van der Waals surface area contributed by atoms with Gasteiger partial charge in [0.05, 0.1) is 0 Å². The van der Waals surface area contributed by atoms with E-state index in [9.17, 15) is 4.79 Å². The summed E-state index contributed by atoms with van der Waals surface area (Å²) in [5.41, 5.74) is 0. The van der Waals surface area contributed by atoms with Crippen molar-refractivity contribution in [3.63, 3.8) is 0 Å². The second kappa shape index (κ2) is 3.92. The van der Waals surface area contributed by atoms with Crippen molar-refractivity contribution >= 4 is 23.2 Å². The summed E-state index contributed by atoms with van der Waals surface area (Å²) in [4.78, 5) is 21.1. The molecule has 0 bridgehead atoms. The highest BCUT2D eigenvalue weighted by Gasteiger charge is 2.19. The maximum absolute atomic E-state index is 11.0. The Kier molecular flexibility index (Phi) is 2.63. The van der Waals surface area contributed by atoms with Gasteiger partial charge in [0.1, 0.15) is 5.78 Å². The highest BCUT2D eigenvalue weighted by atomic mass is 35.5. The number of nitrogens with zero attached hydrogens (tertiary/aromatic N) is 3. The van der Waals surface area contributed by atoms with Gasteiger partial charge in [0.2, 0.25) is 0 Å². The number of rotatable bonds is 1. The Morgan fingerprint density at radius 2 is 1.86 bits per heavy atom. The Labute approximate surface area is 86.9 Å². The molecular formula is C9H10ClN3O. The third-order valence-corrected chi connectivity index (χ3v) is 2.52. The molecule has 0 saturated carbocycles. The zero-order valence-corrected chi connectivity index (χ0v) is 8.37. The SMILES string of the molecule is O=C1CCN(c2nccnc2Cl)CC1. The standard InChI is InChI=1S/C9H10ClN3O/c10-8-9(12-4-3-11-8)13-5-1-7(14)2-6-13/h3-4H,1-2,5-6H2. The van der Waals surface area contributed by atoms with Gasteiger partial charge in [0.25, 0.3) is 0 Å². The van der Waals surface area contributed by atoms with Crippen LogP contribution < -0.4 is 4.90 Å². The van der Waals surface area contributed by atoms with Gasteiger partial charge in [-0.05, 0) is 0 Å². The number of carbonyl (C=O) groups is 1. The quantitative estimate of drug-likeness (QED) is 0.703. The minimum absolute atomic E-state index is 0.307. The van der Waals surface area contributed by atoms with Crippen LogP contribution in [0.15, 0.2) is 12.4 Å². The van der Waals surface area contributed by atoms with Gasteiger partial charge in [-0.3, -0.25) is 4.79 Å². The molecule has 1 aromatic heterocycles. The molecule has 1 saturated heterocycles. The highest BCUT2D eigenvalue weighted by molar-refractivity contribution is 6.31. The Morgan fingerprint density at radius 3 is 2.50 bits per heavy atom. The summed E-state index contributed by atoms with van der Waals surface area (Å²) in [7, 11) is 0. The number of Topliss-reactive ketones (excluding diaryl/α,β-unsaturated/α-hetero) is 1. The first-order chi connectivity index (χ1) is 6.77. The van der Waals surface area contributed by atoms with Crippen molar-refractivity contribution in [3.05, 3.63) is 17.5 Å². The lowest BCUT2D eigenvalue weighted by Gasteiger charge is -2.27. The van der Waals surface area contributed by atoms with Crippen molar-refractivity contribution in [1.29, 1.82) is 0 Å². The minimum Gasteiger partial charge on any atom is -0.353 e. The van der Waals surface area contributed by atoms with E-state index in [2.05, 4.69) is 9.97 Å². The second-order valence-electron chi connectivity index (χ2n) is 3.20. The first-order valence-electron chi connectivity index (χ1n) is 4.50. The maximum Gasteiger partial charge on any atom is 0.171 e. The Morgan fingerprint density at radius 1 is 1.21 bits per heavy atom. The molecule has 0 aromatic carbocycles. The number of carbonyl (C=O) groups excluding carboxylic acids is 1. The Hall–Kier alpha value is -1.16. The lowest BCUT2D eigenvalue weighted by Crippen LogP contribution is -2.34. The largest absolute Gasteiger partial charge is 0.353 e. The summed E-state index contributed by atoms with van der Waals surface area (Å²) < 4.78 is 0. The molecule has 1 fully saturated rings. The zero-order valence-electron chi connectivity index (χ0n) is 7.61. The van der Waals surface area contributed by atoms with Crippen molar-refractivity contribution < 1.29 is 4.79 Å². The molecule has 0 unspecified atom stereocenters. The van der Waals surface area contributed by atoms with Gasteiger partial charge in [-0.2, -0.15) is 0 Å². The first-order valence-corrected chi connectivity index (χ1v) is 4.88. The topological polar surface area (TPSA) is 46.1 Å². The van der Waals surface area contributed by atoms with E-state index in [1.54, 1.807) is 12.4 Å². The van der Waals surface area contributed by atoms with Crippen LogP contribution in [0.1, 0.15) is 12.8 Å². The van der Waals surface area contributed by atoms with Crippen LogP contribution in [-0.4, -0.2) is 28.8 Å². The molecule has 2 heterocycles. The van der Waals surface area contributed by atoms with Crippen LogP contribution in [-0.2, 0) is 4.79 Å². The number of halogens is 1. The lowest BCUT2D eigenvalue weighted by molar-refractivity contribution is -0.119. The van der Waals surface area contributed by atoms with Crippen molar-refractivity contribution in [2.45, 2.75) is 12.8 Å². The lowest BCUT2D eigenvalue weighted by atomic mass is 10.1. The number of hydrogen-bond acceptors (Lipinski definition) is 4. The predicted molar refractivity (Wildman–Crippen MR) is 53.5 cm³/mol. The minimum atomic E-state index is 0.307. The van der Waals surface area contributed by atoms with Crippen molar-refractivity contribution in [1.82, 2.24) is 9.97 Å². The number of aromatic nitrogens is 2. The van der Waals surface area contributed by atoms with E-state index in [4.69, 9.17) is 11.6 Å². The fourth-order valence-electron chi connectivity index (χ4n) is 1.49. The van der Waals surface area contributed by atoms with E-state index in [0.29, 0.717) is 42.7 Å². The van der Waals surface area contributed by atoms with Gasteiger partial charge < -0.3 is 4.90 Å². The third-order valence-electron chi connectivity index (χ3n) is 2.26. The van der Waals surface area contributed by atoms with Crippen molar-refractivity contribution in [2.75, 3.05) is 18.0 Å². The molecule has 1 aliphatic rings. The summed E-state index contributed by atoms with van der Waals surface area (Å²) >= 11 is 5.89. The smallest absolute Gasteiger partial charge is 0.171 e. The van der Waals surface area contributed by atoms with Gasteiger partial charge in [-0.1, -0.05) is 11.6 Å². The molecule has 0 amide bonds. The van der Waals surface area contributed by atoms with Crippen molar-refractivity contribution in [3.8, 4) is 0 Å². The summed E-state index contributed by atoms with van der Waals surface area (Å²) in [5.74, 6) is 0.989. The normalized spacial score (nSPS) is 17.2. The molecule has 74 valence electrons. The zero-order chi connectivity index (χ0) is 9.97. The molecule has 5 heteroatoms.